The summed E-state index contributed by atoms with van der Waals surface area (Å²) in [5.41, 5.74) is 1.24. The third kappa shape index (κ3) is 2.01. The Morgan fingerprint density at radius 2 is 2.44 bits per heavy atom. The van der Waals surface area contributed by atoms with Gasteiger partial charge in [-0.25, -0.2) is 4.45 Å². The summed E-state index contributed by atoms with van der Waals surface area (Å²) >= 11 is 4.54. The summed E-state index contributed by atoms with van der Waals surface area (Å²) in [4.78, 5) is 0. The molecule has 0 aliphatic carbocycles. The van der Waals surface area contributed by atoms with Crippen molar-refractivity contribution in [1.29, 1.82) is 0 Å². The predicted octanol–water partition coefficient (Wildman–Crippen LogP) is 2.59. The zero-order chi connectivity index (χ0) is 6.85. The molecule has 0 N–H and O–H groups in total. The zero-order valence-corrected chi connectivity index (χ0v) is 10.0. The number of aromatic nitrogens is 2. The fourth-order valence-corrected chi connectivity index (χ4v) is 3.20. The van der Waals surface area contributed by atoms with E-state index in [1.54, 1.807) is 0 Å². The maximum Gasteiger partial charge on any atom is 0.123 e. The summed E-state index contributed by atoms with van der Waals surface area (Å²) in [6.07, 6.45) is 0.720. The van der Waals surface area contributed by atoms with Crippen molar-refractivity contribution in [2.75, 3.05) is 0 Å². The number of rotatable bonds is 1. The van der Waals surface area contributed by atoms with E-state index in [-0.39, 0.29) is 0 Å². The lowest BCUT2D eigenvalue weighted by Crippen LogP contribution is -1.84. The third-order valence-corrected chi connectivity index (χ3v) is 3.45. The molecule has 0 aromatic carbocycles. The van der Waals surface area contributed by atoms with Crippen LogP contribution in [0.3, 0.4) is 0 Å². The average Bonchev–Trinajstić information content (AvgIpc) is 2.10. The standard InChI is InChI=1S/C4H5I2N2P/c1-3-2-4(5)7-8(3)9-6/h2,9H,1H3. The molecule has 0 amide bonds. The van der Waals surface area contributed by atoms with E-state index in [9.17, 15) is 0 Å². The molecule has 1 aromatic rings. The van der Waals surface area contributed by atoms with E-state index in [1.165, 1.54) is 5.69 Å². The first-order valence-corrected chi connectivity index (χ1v) is 7.47. The van der Waals surface area contributed by atoms with Crippen molar-refractivity contribution in [2.45, 2.75) is 6.92 Å². The highest BCUT2D eigenvalue weighted by atomic mass is 127. The Balaban J connectivity index is 3.01. The second-order valence-corrected chi connectivity index (χ2v) is 4.75. The first-order valence-electron chi connectivity index (χ1n) is 2.33. The molecule has 0 aliphatic heterocycles. The van der Waals surface area contributed by atoms with Gasteiger partial charge in [0.05, 0.1) is 6.37 Å². The molecule has 0 radical (unpaired) electrons. The number of aryl methyl sites for hydroxylation is 1. The van der Waals surface area contributed by atoms with Gasteiger partial charge in [0.15, 0.2) is 0 Å². The number of nitrogens with zero attached hydrogens (tertiary/aromatic N) is 2. The van der Waals surface area contributed by atoms with Gasteiger partial charge < -0.3 is 0 Å². The molecule has 50 valence electrons. The number of hydrogen-bond acceptors (Lipinski definition) is 1. The maximum absolute atomic E-state index is 4.24. The van der Waals surface area contributed by atoms with Crippen LogP contribution in [0.2, 0.25) is 0 Å². The van der Waals surface area contributed by atoms with E-state index in [0.29, 0.717) is 0 Å². The van der Waals surface area contributed by atoms with E-state index in [4.69, 9.17) is 0 Å². The van der Waals surface area contributed by atoms with Crippen LogP contribution < -0.4 is 0 Å². The van der Waals surface area contributed by atoms with Crippen molar-refractivity contribution in [1.82, 2.24) is 9.55 Å². The molecule has 0 aliphatic rings. The minimum absolute atomic E-state index is 0.720. The fraction of sp³-hybridized carbons (Fsp3) is 0.250. The van der Waals surface area contributed by atoms with Crippen molar-refractivity contribution in [2.24, 2.45) is 0 Å². The van der Waals surface area contributed by atoms with Crippen LogP contribution >= 0.6 is 51.0 Å². The van der Waals surface area contributed by atoms with Gasteiger partial charge in [0, 0.05) is 5.69 Å². The normalized spacial score (nSPS) is 11.4. The van der Waals surface area contributed by atoms with E-state index >= 15 is 0 Å². The summed E-state index contributed by atoms with van der Waals surface area (Å²) < 4.78 is 3.08. The lowest BCUT2D eigenvalue weighted by molar-refractivity contribution is 0.956. The first-order chi connectivity index (χ1) is 4.24. The van der Waals surface area contributed by atoms with Gasteiger partial charge in [-0.3, -0.25) is 0 Å². The minimum atomic E-state index is 0.720. The van der Waals surface area contributed by atoms with Gasteiger partial charge in [0.1, 0.15) is 3.70 Å². The second-order valence-electron chi connectivity index (χ2n) is 1.60. The summed E-state index contributed by atoms with van der Waals surface area (Å²) in [6.45, 7) is 2.07. The van der Waals surface area contributed by atoms with Gasteiger partial charge in [0.25, 0.3) is 0 Å². The largest absolute Gasteiger partial charge is 0.241 e. The first kappa shape index (κ1) is 8.20. The molecule has 0 spiro atoms. The molecule has 0 bridgehead atoms. The van der Waals surface area contributed by atoms with Gasteiger partial charge in [-0.05, 0) is 57.6 Å². The fourth-order valence-electron chi connectivity index (χ4n) is 0.522. The van der Waals surface area contributed by atoms with Crippen LogP contribution in [0.15, 0.2) is 6.07 Å². The van der Waals surface area contributed by atoms with Crippen LogP contribution in [0.25, 0.3) is 0 Å². The topological polar surface area (TPSA) is 17.8 Å². The van der Waals surface area contributed by atoms with E-state index in [1.807, 2.05) is 4.45 Å². The Kier molecular flexibility index (Phi) is 3.17. The molecular weight excluding hydrogens is 361 g/mol. The molecule has 2 nitrogen and oxygen atoms in total. The smallest absolute Gasteiger partial charge is 0.123 e. The Bertz CT molecular complexity index is 210. The molecule has 1 atom stereocenters. The second kappa shape index (κ2) is 3.48. The number of hydrogen-bond donors (Lipinski definition) is 0. The number of halogens is 2. The van der Waals surface area contributed by atoms with Crippen molar-refractivity contribution in [3.63, 3.8) is 0 Å². The molecular formula is C4H5I2N2P. The summed E-state index contributed by atoms with van der Waals surface area (Å²) in [6, 6.07) is 2.08. The molecule has 0 saturated carbocycles. The SMILES string of the molecule is Cc1cc(I)nn1PI. The quantitative estimate of drug-likeness (QED) is 0.552. The van der Waals surface area contributed by atoms with Crippen molar-refractivity contribution in [3.05, 3.63) is 15.5 Å². The van der Waals surface area contributed by atoms with Crippen molar-refractivity contribution >= 4 is 51.0 Å². The lowest BCUT2D eigenvalue weighted by atomic mass is 10.5. The van der Waals surface area contributed by atoms with Crippen LogP contribution in [-0.2, 0) is 0 Å². The molecule has 0 saturated heterocycles. The monoisotopic (exact) mass is 366 g/mol. The van der Waals surface area contributed by atoms with E-state index in [2.05, 4.69) is 62.7 Å². The van der Waals surface area contributed by atoms with E-state index < -0.39 is 0 Å². The van der Waals surface area contributed by atoms with Gasteiger partial charge in [-0.1, -0.05) is 0 Å². The summed E-state index contributed by atoms with van der Waals surface area (Å²) in [7, 11) is 0. The molecule has 9 heavy (non-hydrogen) atoms. The Morgan fingerprint density at radius 1 is 1.78 bits per heavy atom. The molecule has 1 rings (SSSR count). The molecule has 1 heterocycles. The Labute approximate surface area is 82.2 Å². The van der Waals surface area contributed by atoms with E-state index in [0.717, 1.165) is 10.1 Å². The minimum Gasteiger partial charge on any atom is -0.241 e. The van der Waals surface area contributed by atoms with Crippen molar-refractivity contribution < 1.29 is 0 Å². The van der Waals surface area contributed by atoms with Gasteiger partial charge in [-0.2, -0.15) is 5.10 Å². The highest BCUT2D eigenvalue weighted by Crippen LogP contribution is 2.25. The Hall–Kier alpha value is 1.10. The predicted molar refractivity (Wildman–Crippen MR) is 57.4 cm³/mol. The van der Waals surface area contributed by atoms with Crippen LogP contribution in [0.5, 0.6) is 0 Å². The summed E-state index contributed by atoms with van der Waals surface area (Å²) in [5, 5.41) is 4.24. The zero-order valence-electron chi connectivity index (χ0n) is 4.73. The van der Waals surface area contributed by atoms with Crippen LogP contribution in [0.1, 0.15) is 5.69 Å². The van der Waals surface area contributed by atoms with Gasteiger partial charge in [-0.15, -0.1) is 0 Å². The molecule has 1 unspecified atom stereocenters. The van der Waals surface area contributed by atoms with Crippen LogP contribution in [-0.4, -0.2) is 9.55 Å². The van der Waals surface area contributed by atoms with Crippen molar-refractivity contribution in [3.8, 4) is 0 Å². The van der Waals surface area contributed by atoms with Gasteiger partial charge in [0.2, 0.25) is 0 Å². The highest BCUT2D eigenvalue weighted by Gasteiger charge is 1.97. The highest BCUT2D eigenvalue weighted by molar-refractivity contribution is 14.2. The lowest BCUT2D eigenvalue weighted by Gasteiger charge is -1.93. The Morgan fingerprint density at radius 3 is 2.67 bits per heavy atom. The maximum atomic E-state index is 4.24. The third-order valence-electron chi connectivity index (χ3n) is 0.938. The molecule has 1 aromatic heterocycles. The average molecular weight is 366 g/mol. The van der Waals surface area contributed by atoms with Gasteiger partial charge >= 0.3 is 0 Å². The van der Waals surface area contributed by atoms with Crippen LogP contribution in [0.4, 0.5) is 0 Å². The van der Waals surface area contributed by atoms with Crippen LogP contribution in [0, 0.1) is 10.6 Å². The molecule has 0 fully saturated rings. The summed E-state index contributed by atoms with van der Waals surface area (Å²) in [5.74, 6) is 0. The molecule has 5 heteroatoms.